The van der Waals surface area contributed by atoms with E-state index in [1.807, 2.05) is 7.05 Å². The zero-order valence-corrected chi connectivity index (χ0v) is 12.4. The molecule has 0 aromatic heterocycles. The smallest absolute Gasteiger partial charge is 0.304 e. The second-order valence-electron chi connectivity index (χ2n) is 6.61. The molecule has 1 unspecified atom stereocenters. The first-order chi connectivity index (χ1) is 8.22. The Labute approximate surface area is 111 Å². The molecule has 4 nitrogen and oxygen atoms in total. The van der Waals surface area contributed by atoms with E-state index < -0.39 is 5.97 Å². The van der Waals surface area contributed by atoms with Gasteiger partial charge in [0.15, 0.2) is 0 Å². The number of carboxylic acids is 1. The minimum Gasteiger partial charge on any atom is -0.481 e. The summed E-state index contributed by atoms with van der Waals surface area (Å²) in [6.07, 6.45) is 1.41. The van der Waals surface area contributed by atoms with Crippen molar-refractivity contribution in [1.29, 1.82) is 0 Å². The first-order valence-electron chi connectivity index (χ1n) is 6.89. The van der Waals surface area contributed by atoms with Crippen LogP contribution in [0.4, 0.5) is 0 Å². The fourth-order valence-corrected chi connectivity index (χ4v) is 2.71. The fraction of sp³-hybridized carbons (Fsp3) is 0.929. The fourth-order valence-electron chi connectivity index (χ4n) is 2.71. The third-order valence-electron chi connectivity index (χ3n) is 3.93. The molecule has 4 heteroatoms. The van der Waals surface area contributed by atoms with E-state index in [0.717, 1.165) is 19.6 Å². The topological polar surface area (TPSA) is 43.8 Å². The van der Waals surface area contributed by atoms with Gasteiger partial charge < -0.3 is 5.11 Å². The highest BCUT2D eigenvalue weighted by Gasteiger charge is 2.37. The van der Waals surface area contributed by atoms with E-state index in [9.17, 15) is 4.79 Å². The Morgan fingerprint density at radius 3 is 2.56 bits per heavy atom. The molecule has 1 fully saturated rings. The molecule has 106 valence electrons. The maximum atomic E-state index is 10.9. The highest BCUT2D eigenvalue weighted by Crippen LogP contribution is 2.25. The molecule has 0 aromatic rings. The zero-order chi connectivity index (χ0) is 13.9. The van der Waals surface area contributed by atoms with Gasteiger partial charge in [-0.3, -0.25) is 14.6 Å². The van der Waals surface area contributed by atoms with Crippen LogP contribution in [0.1, 0.15) is 40.5 Å². The van der Waals surface area contributed by atoms with Gasteiger partial charge in [0.25, 0.3) is 0 Å². The number of nitrogens with zero attached hydrogens (tertiary/aromatic N) is 2. The number of hydrogen-bond acceptors (Lipinski definition) is 3. The second-order valence-corrected chi connectivity index (χ2v) is 6.61. The summed E-state index contributed by atoms with van der Waals surface area (Å²) in [5, 5.41) is 8.97. The Kier molecular flexibility index (Phi) is 5.17. The van der Waals surface area contributed by atoms with Gasteiger partial charge in [-0.05, 0) is 39.8 Å². The molecule has 1 N–H and O–H groups in total. The van der Waals surface area contributed by atoms with E-state index in [1.165, 1.54) is 6.42 Å². The maximum absolute atomic E-state index is 10.9. The van der Waals surface area contributed by atoms with E-state index >= 15 is 0 Å². The van der Waals surface area contributed by atoms with Crippen molar-refractivity contribution in [3.05, 3.63) is 0 Å². The Hall–Kier alpha value is -0.610. The Morgan fingerprint density at radius 2 is 2.06 bits per heavy atom. The molecule has 18 heavy (non-hydrogen) atoms. The van der Waals surface area contributed by atoms with Crippen molar-refractivity contribution in [2.24, 2.45) is 5.92 Å². The van der Waals surface area contributed by atoms with Crippen molar-refractivity contribution in [2.75, 3.05) is 26.7 Å². The van der Waals surface area contributed by atoms with Gasteiger partial charge in [0.05, 0.1) is 6.42 Å². The lowest BCUT2D eigenvalue weighted by Crippen LogP contribution is -2.62. The summed E-state index contributed by atoms with van der Waals surface area (Å²) in [5.41, 5.74) is 0.138. The first-order valence-corrected chi connectivity index (χ1v) is 6.89. The molecule has 1 heterocycles. The predicted molar refractivity (Wildman–Crippen MR) is 73.8 cm³/mol. The van der Waals surface area contributed by atoms with Crippen LogP contribution in [0, 0.1) is 5.92 Å². The van der Waals surface area contributed by atoms with Crippen molar-refractivity contribution in [1.82, 2.24) is 9.80 Å². The van der Waals surface area contributed by atoms with Crippen molar-refractivity contribution in [3.8, 4) is 0 Å². The molecule has 1 aliphatic rings. The van der Waals surface area contributed by atoms with Crippen LogP contribution in [0.2, 0.25) is 0 Å². The van der Waals surface area contributed by atoms with Gasteiger partial charge in [-0.2, -0.15) is 0 Å². The van der Waals surface area contributed by atoms with E-state index in [1.54, 1.807) is 0 Å². The van der Waals surface area contributed by atoms with Gasteiger partial charge in [0, 0.05) is 24.7 Å². The first kappa shape index (κ1) is 15.4. The molecular formula is C14H28N2O2. The number of rotatable bonds is 5. The molecule has 0 aliphatic carbocycles. The van der Waals surface area contributed by atoms with Gasteiger partial charge >= 0.3 is 5.97 Å². The van der Waals surface area contributed by atoms with Crippen LogP contribution in [0.15, 0.2) is 0 Å². The number of carboxylic acid groups (broad SMARTS) is 1. The van der Waals surface area contributed by atoms with Crippen LogP contribution in [0.5, 0.6) is 0 Å². The van der Waals surface area contributed by atoms with Gasteiger partial charge in [-0.1, -0.05) is 13.8 Å². The largest absolute Gasteiger partial charge is 0.481 e. The molecule has 0 radical (unpaired) electrons. The molecule has 1 atom stereocenters. The third-order valence-corrected chi connectivity index (χ3v) is 3.93. The van der Waals surface area contributed by atoms with Crippen LogP contribution in [0.3, 0.4) is 0 Å². The quantitative estimate of drug-likeness (QED) is 0.816. The van der Waals surface area contributed by atoms with Crippen molar-refractivity contribution in [3.63, 3.8) is 0 Å². The molecule has 0 spiro atoms. The van der Waals surface area contributed by atoms with Gasteiger partial charge in [-0.25, -0.2) is 0 Å². The van der Waals surface area contributed by atoms with Crippen molar-refractivity contribution < 1.29 is 9.90 Å². The summed E-state index contributed by atoms with van der Waals surface area (Å²) in [6.45, 7) is 11.8. The van der Waals surface area contributed by atoms with Crippen LogP contribution >= 0.6 is 0 Å². The van der Waals surface area contributed by atoms with Crippen molar-refractivity contribution in [2.45, 2.75) is 52.1 Å². The molecule has 0 saturated carbocycles. The van der Waals surface area contributed by atoms with Gasteiger partial charge in [-0.15, -0.1) is 0 Å². The van der Waals surface area contributed by atoms with E-state index in [2.05, 4.69) is 37.5 Å². The SMILES string of the molecule is CC(C)CCN1CC(CC(=O)O)N(C)CC1(C)C. The number of likely N-dealkylation sites (N-methyl/N-ethyl adjacent to an activating group) is 1. The third kappa shape index (κ3) is 4.25. The summed E-state index contributed by atoms with van der Waals surface area (Å²) in [4.78, 5) is 15.6. The number of aliphatic carboxylic acids is 1. The molecule has 0 amide bonds. The lowest BCUT2D eigenvalue weighted by molar-refractivity contribution is -0.139. The van der Waals surface area contributed by atoms with Crippen LogP contribution < -0.4 is 0 Å². The summed E-state index contributed by atoms with van der Waals surface area (Å²) >= 11 is 0. The molecule has 1 aliphatic heterocycles. The Morgan fingerprint density at radius 1 is 1.44 bits per heavy atom. The van der Waals surface area contributed by atoms with Crippen LogP contribution in [-0.4, -0.2) is 59.1 Å². The summed E-state index contributed by atoms with van der Waals surface area (Å²) in [7, 11) is 2.04. The highest BCUT2D eigenvalue weighted by atomic mass is 16.4. The number of piperazine rings is 1. The van der Waals surface area contributed by atoms with E-state index in [4.69, 9.17) is 5.11 Å². The second kappa shape index (κ2) is 6.02. The number of carbonyl (C=O) groups is 1. The lowest BCUT2D eigenvalue weighted by atomic mass is 9.93. The van der Waals surface area contributed by atoms with Gasteiger partial charge in [0.1, 0.15) is 0 Å². The summed E-state index contributed by atoms with van der Waals surface area (Å²) in [5.74, 6) is -0.00579. The van der Waals surface area contributed by atoms with Crippen LogP contribution in [0.25, 0.3) is 0 Å². The number of hydrogen-bond donors (Lipinski definition) is 1. The Bertz CT molecular complexity index is 290. The summed E-state index contributed by atoms with van der Waals surface area (Å²) in [6, 6.07) is 0.141. The standard InChI is InChI=1S/C14H28N2O2/c1-11(2)6-7-16-9-12(8-13(17)18)15(5)10-14(16,3)4/h11-12H,6-10H2,1-5H3,(H,17,18). The monoisotopic (exact) mass is 256 g/mol. The van der Waals surface area contributed by atoms with Gasteiger partial charge in [0.2, 0.25) is 0 Å². The van der Waals surface area contributed by atoms with Crippen LogP contribution in [-0.2, 0) is 4.79 Å². The molecular weight excluding hydrogens is 228 g/mol. The highest BCUT2D eigenvalue weighted by molar-refractivity contribution is 5.67. The maximum Gasteiger partial charge on any atom is 0.304 e. The Balaban J connectivity index is 2.65. The van der Waals surface area contributed by atoms with Crippen molar-refractivity contribution >= 4 is 5.97 Å². The average Bonchev–Trinajstić information content (AvgIpc) is 2.18. The molecule has 1 rings (SSSR count). The lowest BCUT2D eigenvalue weighted by Gasteiger charge is -2.50. The minimum absolute atomic E-state index is 0.138. The predicted octanol–water partition coefficient (Wildman–Crippen LogP) is 1.90. The van der Waals surface area contributed by atoms with E-state index in [0.29, 0.717) is 5.92 Å². The normalized spacial score (nSPS) is 25.6. The molecule has 1 saturated heterocycles. The molecule has 0 bridgehead atoms. The zero-order valence-electron chi connectivity index (χ0n) is 12.4. The average molecular weight is 256 g/mol. The minimum atomic E-state index is -0.699. The van der Waals surface area contributed by atoms with E-state index in [-0.39, 0.29) is 18.0 Å². The summed E-state index contributed by atoms with van der Waals surface area (Å²) < 4.78 is 0. The molecule has 0 aromatic carbocycles.